The van der Waals surface area contributed by atoms with E-state index in [1.54, 1.807) is 12.4 Å². The predicted molar refractivity (Wildman–Crippen MR) is 177 cm³/mol. The number of carboxylic acid groups (broad SMARTS) is 1. The Balaban J connectivity index is 1.45. The number of H-pyrrole nitrogens is 2. The van der Waals surface area contributed by atoms with Crippen molar-refractivity contribution in [2.24, 2.45) is 22.2 Å². The van der Waals surface area contributed by atoms with Crippen molar-refractivity contribution in [2.75, 3.05) is 6.54 Å². The van der Waals surface area contributed by atoms with Gasteiger partial charge >= 0.3 is 5.97 Å². The predicted octanol–water partition coefficient (Wildman–Crippen LogP) is -0.265. The van der Waals surface area contributed by atoms with Crippen molar-refractivity contribution in [3.05, 3.63) is 72.1 Å². The van der Waals surface area contributed by atoms with Gasteiger partial charge < -0.3 is 53.3 Å². The molecule has 0 radical (unpaired) electrons. The number of aromatic nitrogens is 2. The number of aliphatic imine (C=N–C) groups is 1. The van der Waals surface area contributed by atoms with E-state index >= 15 is 0 Å². The molecule has 5 unspecified atom stereocenters. The molecule has 15 nitrogen and oxygen atoms in total. The van der Waals surface area contributed by atoms with Gasteiger partial charge in [-0.1, -0.05) is 36.4 Å². The monoisotopic (exact) mass is 647 g/mol. The number of carbonyl (C=O) groups excluding carboxylic acids is 3. The number of nitrogens with zero attached hydrogens (tertiary/aromatic N) is 1. The Hall–Kier alpha value is -5.41. The Labute approximate surface area is 270 Å². The van der Waals surface area contributed by atoms with Crippen molar-refractivity contribution in [3.63, 3.8) is 0 Å². The first-order valence-corrected chi connectivity index (χ1v) is 15.2. The van der Waals surface area contributed by atoms with Gasteiger partial charge in [0, 0.05) is 47.2 Å². The van der Waals surface area contributed by atoms with E-state index in [2.05, 4.69) is 30.9 Å². The first-order chi connectivity index (χ1) is 22.4. The van der Waals surface area contributed by atoms with Crippen LogP contribution in [0.2, 0.25) is 0 Å². The number of nitrogens with two attached hydrogens (primary N) is 3. The summed E-state index contributed by atoms with van der Waals surface area (Å²) in [7, 11) is 0. The number of guanidine groups is 1. The van der Waals surface area contributed by atoms with Crippen molar-refractivity contribution >= 4 is 51.5 Å². The maximum absolute atomic E-state index is 13.5. The Morgan fingerprint density at radius 1 is 0.809 bits per heavy atom. The lowest BCUT2D eigenvalue weighted by molar-refractivity contribution is -0.143. The molecule has 0 bridgehead atoms. The van der Waals surface area contributed by atoms with Crippen molar-refractivity contribution in [3.8, 4) is 0 Å². The number of aliphatic carboxylic acids is 1. The van der Waals surface area contributed by atoms with Gasteiger partial charge in [0.15, 0.2) is 5.96 Å². The van der Waals surface area contributed by atoms with Crippen LogP contribution in [-0.4, -0.2) is 86.6 Å². The van der Waals surface area contributed by atoms with Crippen molar-refractivity contribution < 1.29 is 29.4 Å². The minimum absolute atomic E-state index is 0.0522. The summed E-state index contributed by atoms with van der Waals surface area (Å²) in [5.74, 6) is -3.75. The molecule has 0 fully saturated rings. The fraction of sp³-hybridized carbons (Fsp3) is 0.344. The molecule has 4 rings (SSSR count). The molecule has 15 heteroatoms. The number of nitrogens with one attached hydrogen (secondary N) is 5. The zero-order valence-electron chi connectivity index (χ0n) is 25.9. The van der Waals surface area contributed by atoms with Gasteiger partial charge in [0.05, 0.1) is 12.1 Å². The number of amides is 3. The lowest BCUT2D eigenvalue weighted by Crippen LogP contribution is -2.60. The number of para-hydroxylation sites is 2. The van der Waals surface area contributed by atoms with Crippen molar-refractivity contribution in [2.45, 2.75) is 62.9 Å². The summed E-state index contributed by atoms with van der Waals surface area (Å²) in [4.78, 5) is 62.2. The van der Waals surface area contributed by atoms with Gasteiger partial charge in [-0.3, -0.25) is 19.4 Å². The van der Waals surface area contributed by atoms with Crippen LogP contribution < -0.4 is 33.2 Å². The normalized spacial score (nSPS) is 14.4. The second-order valence-corrected chi connectivity index (χ2v) is 11.4. The lowest BCUT2D eigenvalue weighted by atomic mass is 10.0. The summed E-state index contributed by atoms with van der Waals surface area (Å²) in [6, 6.07) is 9.78. The van der Waals surface area contributed by atoms with E-state index in [0.29, 0.717) is 5.56 Å². The quantitative estimate of drug-likeness (QED) is 0.0435. The molecule has 2 aromatic heterocycles. The Morgan fingerprint density at radius 3 is 1.91 bits per heavy atom. The number of benzene rings is 2. The summed E-state index contributed by atoms with van der Waals surface area (Å²) < 4.78 is 0. The largest absolute Gasteiger partial charge is 0.480 e. The Bertz CT molecular complexity index is 1740. The highest BCUT2D eigenvalue weighted by molar-refractivity contribution is 5.95. The van der Waals surface area contributed by atoms with E-state index in [1.807, 2.05) is 48.5 Å². The number of aromatic amines is 2. The van der Waals surface area contributed by atoms with Gasteiger partial charge in [0.1, 0.15) is 18.1 Å². The number of hydrogen-bond acceptors (Lipinski definition) is 7. The van der Waals surface area contributed by atoms with Crippen LogP contribution in [0.3, 0.4) is 0 Å². The summed E-state index contributed by atoms with van der Waals surface area (Å²) in [6.07, 6.45) is 2.51. The molecule has 47 heavy (non-hydrogen) atoms. The highest BCUT2D eigenvalue weighted by Crippen LogP contribution is 2.20. The molecule has 2 aromatic carbocycles. The molecule has 2 heterocycles. The van der Waals surface area contributed by atoms with E-state index in [4.69, 9.17) is 17.2 Å². The molecule has 0 aliphatic carbocycles. The summed E-state index contributed by atoms with van der Waals surface area (Å²) in [5.41, 5.74) is 20.2. The highest BCUT2D eigenvalue weighted by atomic mass is 16.4. The summed E-state index contributed by atoms with van der Waals surface area (Å²) in [6.45, 7) is 1.45. The smallest absolute Gasteiger partial charge is 0.326 e. The maximum Gasteiger partial charge on any atom is 0.326 e. The minimum Gasteiger partial charge on any atom is -0.480 e. The number of hydrogen-bond donors (Lipinski definition) is 10. The second kappa shape index (κ2) is 15.7. The number of rotatable bonds is 16. The van der Waals surface area contributed by atoms with Crippen LogP contribution in [0.5, 0.6) is 0 Å². The zero-order chi connectivity index (χ0) is 34.1. The molecular formula is C32H41N9O6. The third kappa shape index (κ3) is 9.08. The minimum atomic E-state index is -1.54. The van der Waals surface area contributed by atoms with E-state index < -0.39 is 54.0 Å². The number of aliphatic hydroxyl groups excluding tert-OH is 1. The average molecular weight is 648 g/mol. The summed E-state index contributed by atoms with van der Waals surface area (Å²) in [5, 5.41) is 29.6. The van der Waals surface area contributed by atoms with Gasteiger partial charge in [-0.05, 0) is 49.4 Å². The maximum atomic E-state index is 13.5. The topological polar surface area (TPSA) is 267 Å². The molecule has 0 spiro atoms. The number of carboxylic acids is 1. The SMILES string of the molecule is CC(O)C(NC(=O)C(CCCN=C(N)N)NC(=O)C(N)Cc1c[nH]c2ccccc12)C(=O)NC(Cc1c[nH]c2ccccc12)C(=O)O. The lowest BCUT2D eigenvalue weighted by Gasteiger charge is -2.26. The van der Waals surface area contributed by atoms with E-state index in [-0.39, 0.29) is 38.2 Å². The van der Waals surface area contributed by atoms with Crippen LogP contribution >= 0.6 is 0 Å². The van der Waals surface area contributed by atoms with Crippen LogP contribution in [0.15, 0.2) is 65.9 Å². The molecular weight excluding hydrogens is 606 g/mol. The van der Waals surface area contributed by atoms with Crippen molar-refractivity contribution in [1.82, 2.24) is 25.9 Å². The second-order valence-electron chi connectivity index (χ2n) is 11.4. The fourth-order valence-corrected chi connectivity index (χ4v) is 5.32. The van der Waals surface area contributed by atoms with Gasteiger partial charge in [-0.25, -0.2) is 4.79 Å². The average Bonchev–Trinajstić information content (AvgIpc) is 3.64. The first kappa shape index (κ1) is 34.5. The third-order valence-corrected chi connectivity index (χ3v) is 7.81. The zero-order valence-corrected chi connectivity index (χ0v) is 25.9. The number of carbonyl (C=O) groups is 4. The fourth-order valence-electron chi connectivity index (χ4n) is 5.32. The van der Waals surface area contributed by atoms with Gasteiger partial charge in [0.2, 0.25) is 17.7 Å². The van der Waals surface area contributed by atoms with Crippen molar-refractivity contribution in [1.29, 1.82) is 0 Å². The Morgan fingerprint density at radius 2 is 1.36 bits per heavy atom. The van der Waals surface area contributed by atoms with Crippen LogP contribution in [0, 0.1) is 0 Å². The first-order valence-electron chi connectivity index (χ1n) is 15.2. The summed E-state index contributed by atoms with van der Waals surface area (Å²) >= 11 is 0. The molecule has 250 valence electrons. The number of fused-ring (bicyclic) bond motifs is 2. The van der Waals surface area contributed by atoms with Crippen LogP contribution in [0.1, 0.15) is 30.9 Å². The molecule has 3 amide bonds. The highest BCUT2D eigenvalue weighted by Gasteiger charge is 2.33. The van der Waals surface area contributed by atoms with E-state index in [1.165, 1.54) is 6.92 Å². The van der Waals surface area contributed by atoms with Gasteiger partial charge in [0.25, 0.3) is 0 Å². The van der Waals surface area contributed by atoms with Gasteiger partial charge in [-0.15, -0.1) is 0 Å². The van der Waals surface area contributed by atoms with Crippen LogP contribution in [0.4, 0.5) is 0 Å². The van der Waals surface area contributed by atoms with Crippen LogP contribution in [-0.2, 0) is 32.0 Å². The molecule has 0 saturated carbocycles. The molecule has 0 saturated heterocycles. The molecule has 0 aliphatic heterocycles. The van der Waals surface area contributed by atoms with E-state index in [0.717, 1.165) is 27.4 Å². The molecule has 13 N–H and O–H groups in total. The molecule has 0 aliphatic rings. The standard InChI is InChI=1S/C32H41N9O6/c1-17(42)27(30(45)40-26(31(46)47)14-19-16-38-24-10-5-3-8-21(19)24)41-29(44)25(11-6-12-36-32(34)35)39-28(43)22(33)13-18-15-37-23-9-4-2-7-20(18)23/h2-5,7-10,15-17,22,25-27,37-38,42H,6,11-14,33H2,1H3,(H,39,43)(H,40,45)(H,41,44)(H,46,47)(H4,34,35,36). The third-order valence-electron chi connectivity index (χ3n) is 7.81. The van der Waals surface area contributed by atoms with Gasteiger partial charge in [-0.2, -0.15) is 0 Å². The molecule has 5 atom stereocenters. The Kier molecular flexibility index (Phi) is 11.5. The molecule has 4 aromatic rings. The van der Waals surface area contributed by atoms with E-state index in [9.17, 15) is 29.4 Å². The van der Waals surface area contributed by atoms with Crippen LogP contribution in [0.25, 0.3) is 21.8 Å². The number of aliphatic hydroxyl groups is 1.